The fourth-order valence-electron chi connectivity index (χ4n) is 1.72. The summed E-state index contributed by atoms with van der Waals surface area (Å²) in [5, 5.41) is 0. The van der Waals surface area contributed by atoms with Crippen LogP contribution in [0.25, 0.3) is 0 Å². The summed E-state index contributed by atoms with van der Waals surface area (Å²) in [7, 11) is 0. The summed E-state index contributed by atoms with van der Waals surface area (Å²) in [6.45, 7) is 9.27. The molecule has 0 aromatic carbocycles. The van der Waals surface area contributed by atoms with E-state index < -0.39 is 0 Å². The van der Waals surface area contributed by atoms with Gasteiger partial charge in [0.25, 0.3) is 0 Å². The van der Waals surface area contributed by atoms with Gasteiger partial charge in [-0.25, -0.2) is 4.98 Å². The van der Waals surface area contributed by atoms with Crippen LogP contribution < -0.4 is 9.64 Å². The van der Waals surface area contributed by atoms with Gasteiger partial charge in [0.15, 0.2) is 0 Å². The molecule has 5 nitrogen and oxygen atoms in total. The van der Waals surface area contributed by atoms with Crippen LogP contribution in [-0.2, 0) is 4.79 Å². The number of nitrogens with zero attached hydrogens (tertiary/aromatic N) is 3. The number of ether oxygens (including phenoxy) is 1. The molecule has 0 N–H and O–H groups in total. The van der Waals surface area contributed by atoms with Crippen LogP contribution in [0, 0.1) is 6.92 Å². The maximum absolute atomic E-state index is 11.0. The molecule has 100 valence electrons. The van der Waals surface area contributed by atoms with Gasteiger partial charge in [-0.15, -0.1) is 0 Å². The van der Waals surface area contributed by atoms with Gasteiger partial charge >= 0.3 is 5.97 Å². The molecule has 1 aromatic heterocycles. The van der Waals surface area contributed by atoms with Gasteiger partial charge in [-0.3, -0.25) is 4.79 Å². The SMILES string of the molecule is CCCN(CCC)c1nc(C)cc(OC(C)=O)n1. The Balaban J connectivity index is 2.97. The van der Waals surface area contributed by atoms with Crippen molar-refractivity contribution >= 4 is 11.9 Å². The molecular formula is C13H21N3O2. The third-order valence-electron chi connectivity index (χ3n) is 2.34. The summed E-state index contributed by atoms with van der Waals surface area (Å²) in [4.78, 5) is 21.8. The molecule has 0 spiro atoms. The number of anilines is 1. The van der Waals surface area contributed by atoms with Gasteiger partial charge in [0.2, 0.25) is 11.8 Å². The van der Waals surface area contributed by atoms with E-state index in [0.717, 1.165) is 31.6 Å². The van der Waals surface area contributed by atoms with E-state index in [1.54, 1.807) is 6.07 Å². The third kappa shape index (κ3) is 4.31. The van der Waals surface area contributed by atoms with Crippen LogP contribution >= 0.6 is 0 Å². The van der Waals surface area contributed by atoms with Crippen molar-refractivity contribution in [2.75, 3.05) is 18.0 Å². The van der Waals surface area contributed by atoms with E-state index in [0.29, 0.717) is 11.8 Å². The highest BCUT2D eigenvalue weighted by Crippen LogP contribution is 2.16. The predicted molar refractivity (Wildman–Crippen MR) is 70.9 cm³/mol. The lowest BCUT2D eigenvalue weighted by Gasteiger charge is -2.21. The number of esters is 1. The summed E-state index contributed by atoms with van der Waals surface area (Å²) in [5.74, 6) is 0.591. The second kappa shape index (κ2) is 6.93. The van der Waals surface area contributed by atoms with Crippen molar-refractivity contribution in [3.8, 4) is 5.88 Å². The molecule has 0 fully saturated rings. The summed E-state index contributed by atoms with van der Waals surface area (Å²) < 4.78 is 5.03. The van der Waals surface area contributed by atoms with E-state index in [1.165, 1.54) is 6.92 Å². The minimum atomic E-state index is -0.364. The zero-order valence-corrected chi connectivity index (χ0v) is 11.6. The average molecular weight is 251 g/mol. The molecular weight excluding hydrogens is 230 g/mol. The Morgan fingerprint density at radius 2 is 1.89 bits per heavy atom. The molecule has 0 saturated carbocycles. The summed E-state index contributed by atoms with van der Waals surface area (Å²) in [5.41, 5.74) is 0.799. The van der Waals surface area contributed by atoms with Crippen molar-refractivity contribution < 1.29 is 9.53 Å². The van der Waals surface area contributed by atoms with Crippen molar-refractivity contribution in [1.29, 1.82) is 0 Å². The predicted octanol–water partition coefficient (Wildman–Crippen LogP) is 2.34. The van der Waals surface area contributed by atoms with E-state index in [9.17, 15) is 4.79 Å². The van der Waals surface area contributed by atoms with Crippen molar-refractivity contribution in [3.05, 3.63) is 11.8 Å². The first-order valence-corrected chi connectivity index (χ1v) is 6.35. The summed E-state index contributed by atoms with van der Waals surface area (Å²) >= 11 is 0. The molecule has 5 heteroatoms. The van der Waals surface area contributed by atoms with E-state index in [1.807, 2.05) is 6.92 Å². The molecule has 0 aliphatic rings. The molecule has 1 rings (SSSR count). The molecule has 0 saturated heterocycles. The molecule has 0 aliphatic carbocycles. The normalized spacial score (nSPS) is 10.2. The van der Waals surface area contributed by atoms with Crippen LogP contribution in [0.2, 0.25) is 0 Å². The van der Waals surface area contributed by atoms with Gasteiger partial charge in [-0.05, 0) is 19.8 Å². The number of aryl methyl sites for hydroxylation is 1. The highest BCUT2D eigenvalue weighted by molar-refractivity contribution is 5.68. The van der Waals surface area contributed by atoms with Gasteiger partial charge in [0.05, 0.1) is 0 Å². The number of carbonyl (C=O) groups excluding carboxylic acids is 1. The van der Waals surface area contributed by atoms with Gasteiger partial charge in [0.1, 0.15) is 0 Å². The van der Waals surface area contributed by atoms with E-state index in [2.05, 4.69) is 28.7 Å². The number of hydrogen-bond acceptors (Lipinski definition) is 5. The van der Waals surface area contributed by atoms with E-state index in [-0.39, 0.29) is 5.97 Å². The maximum Gasteiger partial charge on any atom is 0.309 e. The zero-order valence-electron chi connectivity index (χ0n) is 11.6. The van der Waals surface area contributed by atoms with Crippen LogP contribution in [0.3, 0.4) is 0 Å². The Morgan fingerprint density at radius 1 is 1.28 bits per heavy atom. The second-order valence-corrected chi connectivity index (χ2v) is 4.23. The minimum Gasteiger partial charge on any atom is -0.407 e. The number of aromatic nitrogens is 2. The second-order valence-electron chi connectivity index (χ2n) is 4.23. The molecule has 0 atom stereocenters. The van der Waals surface area contributed by atoms with Crippen molar-refractivity contribution in [1.82, 2.24) is 9.97 Å². The van der Waals surface area contributed by atoms with Crippen LogP contribution in [0.4, 0.5) is 5.95 Å². The third-order valence-corrected chi connectivity index (χ3v) is 2.34. The van der Waals surface area contributed by atoms with Crippen LogP contribution in [0.1, 0.15) is 39.3 Å². The highest BCUT2D eigenvalue weighted by atomic mass is 16.5. The molecule has 0 bridgehead atoms. The van der Waals surface area contributed by atoms with Gasteiger partial charge in [-0.1, -0.05) is 13.8 Å². The Morgan fingerprint density at radius 3 is 2.39 bits per heavy atom. The first-order valence-electron chi connectivity index (χ1n) is 6.35. The Bertz CT molecular complexity index is 401. The number of rotatable bonds is 6. The van der Waals surface area contributed by atoms with Crippen molar-refractivity contribution in [2.24, 2.45) is 0 Å². The molecule has 0 amide bonds. The number of hydrogen-bond donors (Lipinski definition) is 0. The molecule has 0 aliphatic heterocycles. The smallest absolute Gasteiger partial charge is 0.309 e. The number of carbonyl (C=O) groups is 1. The lowest BCUT2D eigenvalue weighted by Crippen LogP contribution is -2.27. The van der Waals surface area contributed by atoms with Gasteiger partial charge in [-0.2, -0.15) is 4.98 Å². The van der Waals surface area contributed by atoms with Crippen molar-refractivity contribution in [2.45, 2.75) is 40.5 Å². The standard InChI is InChI=1S/C13H21N3O2/c1-5-7-16(8-6-2)13-14-10(3)9-12(15-13)18-11(4)17/h9H,5-8H2,1-4H3. The average Bonchev–Trinajstić information content (AvgIpc) is 2.27. The first kappa shape index (κ1) is 14.4. The molecule has 1 aromatic rings. The molecule has 0 radical (unpaired) electrons. The van der Waals surface area contributed by atoms with E-state index in [4.69, 9.17) is 4.74 Å². The summed E-state index contributed by atoms with van der Waals surface area (Å²) in [6.07, 6.45) is 2.06. The molecule has 1 heterocycles. The van der Waals surface area contributed by atoms with Crippen LogP contribution in [0.15, 0.2) is 6.07 Å². The zero-order chi connectivity index (χ0) is 13.5. The monoisotopic (exact) mass is 251 g/mol. The first-order chi connectivity index (χ1) is 8.56. The fourth-order valence-corrected chi connectivity index (χ4v) is 1.72. The topological polar surface area (TPSA) is 55.3 Å². The minimum absolute atomic E-state index is 0.321. The molecule has 18 heavy (non-hydrogen) atoms. The lowest BCUT2D eigenvalue weighted by atomic mass is 10.3. The fraction of sp³-hybridized carbons (Fsp3) is 0.615. The quantitative estimate of drug-likeness (QED) is 0.726. The van der Waals surface area contributed by atoms with E-state index >= 15 is 0 Å². The largest absolute Gasteiger partial charge is 0.407 e. The Hall–Kier alpha value is -1.65. The molecule has 0 unspecified atom stereocenters. The van der Waals surface area contributed by atoms with Gasteiger partial charge in [0, 0.05) is 31.8 Å². The Labute approximate surface area is 108 Å². The van der Waals surface area contributed by atoms with Crippen molar-refractivity contribution in [3.63, 3.8) is 0 Å². The lowest BCUT2D eigenvalue weighted by molar-refractivity contribution is -0.132. The van der Waals surface area contributed by atoms with Crippen LogP contribution in [-0.4, -0.2) is 29.0 Å². The van der Waals surface area contributed by atoms with Gasteiger partial charge < -0.3 is 9.64 Å². The highest BCUT2D eigenvalue weighted by Gasteiger charge is 2.11. The van der Waals surface area contributed by atoms with Crippen LogP contribution in [0.5, 0.6) is 5.88 Å². The summed E-state index contributed by atoms with van der Waals surface area (Å²) in [6, 6.07) is 1.67. The Kier molecular flexibility index (Phi) is 5.55. The maximum atomic E-state index is 11.0.